The van der Waals surface area contributed by atoms with Crippen molar-refractivity contribution < 1.29 is 9.72 Å². The number of aromatic amines is 1. The number of aryl methyl sites for hydroxylation is 1. The second-order valence-electron chi connectivity index (χ2n) is 5.89. The molecule has 0 atom stereocenters. The number of hydrogen-bond acceptors (Lipinski definition) is 5. The van der Waals surface area contributed by atoms with Gasteiger partial charge in [-0.15, -0.1) is 0 Å². The summed E-state index contributed by atoms with van der Waals surface area (Å²) in [5, 5.41) is 14.2. The number of carbonyl (C=O) groups excluding carboxylic acids is 1. The number of rotatable bonds is 5. The van der Waals surface area contributed by atoms with Gasteiger partial charge in [-0.25, -0.2) is 4.98 Å². The summed E-state index contributed by atoms with van der Waals surface area (Å²) < 4.78 is 0. The minimum Gasteiger partial charge on any atom is -0.322 e. The van der Waals surface area contributed by atoms with Crippen LogP contribution in [0.2, 0.25) is 5.02 Å². The highest BCUT2D eigenvalue weighted by molar-refractivity contribution is 6.30. The Morgan fingerprint density at radius 2 is 1.96 bits per heavy atom. The number of amides is 1. The van der Waals surface area contributed by atoms with Gasteiger partial charge in [-0.05, 0) is 36.8 Å². The molecule has 3 rings (SSSR count). The molecule has 0 saturated carbocycles. The van der Waals surface area contributed by atoms with Gasteiger partial charge in [-0.1, -0.05) is 24.6 Å². The van der Waals surface area contributed by atoms with Crippen LogP contribution < -0.4 is 10.9 Å². The number of halogens is 1. The first-order chi connectivity index (χ1) is 13.4. The van der Waals surface area contributed by atoms with E-state index in [1.165, 1.54) is 6.07 Å². The average Bonchev–Trinajstić information content (AvgIpc) is 2.68. The van der Waals surface area contributed by atoms with Gasteiger partial charge in [0.15, 0.2) is 0 Å². The summed E-state index contributed by atoms with van der Waals surface area (Å²) in [5.74, 6) is -0.420. The van der Waals surface area contributed by atoms with Crippen molar-refractivity contribution in [3.8, 4) is 11.4 Å². The summed E-state index contributed by atoms with van der Waals surface area (Å²) >= 11 is 5.84. The summed E-state index contributed by atoms with van der Waals surface area (Å²) in [6.07, 6.45) is 1.65. The number of nitrogens with zero attached hydrogens (tertiary/aromatic N) is 2. The average molecular weight is 399 g/mol. The normalized spacial score (nSPS) is 10.5. The minimum atomic E-state index is -0.713. The standard InChI is InChI=1S/C19H15ClN4O4/c1-2-11-5-8-14(9-16(11)24(27)28)22-18(25)15-10-21-17(23-19(15)26)12-3-6-13(20)7-4-12/h3-10H,2H2,1H3,(H,22,25)(H,21,23,26). The zero-order valence-corrected chi connectivity index (χ0v) is 15.5. The van der Waals surface area contributed by atoms with Gasteiger partial charge in [0.25, 0.3) is 17.2 Å². The zero-order valence-electron chi connectivity index (χ0n) is 14.7. The van der Waals surface area contributed by atoms with Gasteiger partial charge in [0.2, 0.25) is 0 Å². The van der Waals surface area contributed by atoms with Crippen molar-refractivity contribution >= 4 is 28.9 Å². The molecule has 0 spiro atoms. The molecule has 2 aromatic carbocycles. The smallest absolute Gasteiger partial charge is 0.274 e. The van der Waals surface area contributed by atoms with Gasteiger partial charge in [0.1, 0.15) is 11.4 Å². The molecule has 142 valence electrons. The highest BCUT2D eigenvalue weighted by Crippen LogP contribution is 2.24. The molecule has 0 aliphatic carbocycles. The van der Waals surface area contributed by atoms with E-state index in [4.69, 9.17) is 11.6 Å². The van der Waals surface area contributed by atoms with E-state index in [9.17, 15) is 19.7 Å². The molecule has 1 heterocycles. The van der Waals surface area contributed by atoms with Gasteiger partial charge in [0.05, 0.1) is 4.92 Å². The maximum Gasteiger partial charge on any atom is 0.274 e. The van der Waals surface area contributed by atoms with Crippen molar-refractivity contribution in [2.24, 2.45) is 0 Å². The molecular weight excluding hydrogens is 384 g/mol. The third-order valence-electron chi connectivity index (χ3n) is 4.08. The van der Waals surface area contributed by atoms with Gasteiger partial charge in [-0.3, -0.25) is 19.7 Å². The fraction of sp³-hybridized carbons (Fsp3) is 0.105. The van der Waals surface area contributed by atoms with Crippen LogP contribution in [0, 0.1) is 10.1 Å². The molecule has 1 aromatic heterocycles. The number of nitro groups is 1. The maximum absolute atomic E-state index is 12.4. The van der Waals surface area contributed by atoms with Crippen LogP contribution in [0.15, 0.2) is 53.5 Å². The topological polar surface area (TPSA) is 118 Å². The van der Waals surface area contributed by atoms with Gasteiger partial charge >= 0.3 is 0 Å². The van der Waals surface area contributed by atoms with Crippen LogP contribution in [0.4, 0.5) is 11.4 Å². The Hall–Kier alpha value is -3.52. The van der Waals surface area contributed by atoms with E-state index in [0.29, 0.717) is 28.4 Å². The Morgan fingerprint density at radius 1 is 1.25 bits per heavy atom. The van der Waals surface area contributed by atoms with Gasteiger partial charge in [0, 0.05) is 34.1 Å². The van der Waals surface area contributed by atoms with Crippen LogP contribution >= 0.6 is 11.6 Å². The predicted molar refractivity (Wildman–Crippen MR) is 106 cm³/mol. The molecule has 0 fully saturated rings. The molecule has 2 N–H and O–H groups in total. The molecule has 9 heteroatoms. The molecule has 28 heavy (non-hydrogen) atoms. The van der Waals surface area contributed by atoms with E-state index in [1.54, 1.807) is 43.3 Å². The molecule has 3 aromatic rings. The van der Waals surface area contributed by atoms with E-state index < -0.39 is 16.4 Å². The van der Waals surface area contributed by atoms with Crippen molar-refractivity contribution in [1.29, 1.82) is 0 Å². The van der Waals surface area contributed by atoms with Gasteiger partial charge < -0.3 is 10.3 Å². The molecule has 0 saturated heterocycles. The third kappa shape index (κ3) is 4.07. The van der Waals surface area contributed by atoms with E-state index in [1.807, 2.05) is 0 Å². The fourth-order valence-electron chi connectivity index (χ4n) is 2.62. The summed E-state index contributed by atoms with van der Waals surface area (Å²) in [7, 11) is 0. The number of benzene rings is 2. The Labute approximate surface area is 164 Å². The summed E-state index contributed by atoms with van der Waals surface area (Å²) in [5.41, 5.74) is 0.478. The molecule has 0 bridgehead atoms. The molecule has 0 aliphatic rings. The lowest BCUT2D eigenvalue weighted by molar-refractivity contribution is -0.385. The SMILES string of the molecule is CCc1ccc(NC(=O)c2cnc(-c3ccc(Cl)cc3)[nH]c2=O)cc1[N+](=O)[O-]. The third-order valence-corrected chi connectivity index (χ3v) is 4.33. The van der Waals surface area contributed by atoms with Gasteiger partial charge in [-0.2, -0.15) is 0 Å². The van der Waals surface area contributed by atoms with Crippen LogP contribution in [0.1, 0.15) is 22.8 Å². The molecule has 0 radical (unpaired) electrons. The molecule has 0 aliphatic heterocycles. The zero-order chi connectivity index (χ0) is 20.3. The highest BCUT2D eigenvalue weighted by Gasteiger charge is 2.17. The lowest BCUT2D eigenvalue weighted by atomic mass is 10.1. The van der Waals surface area contributed by atoms with E-state index in [2.05, 4.69) is 15.3 Å². The first-order valence-corrected chi connectivity index (χ1v) is 8.70. The summed E-state index contributed by atoms with van der Waals surface area (Å²) in [6.45, 7) is 1.80. The Morgan fingerprint density at radius 3 is 2.57 bits per heavy atom. The molecule has 8 nitrogen and oxygen atoms in total. The number of hydrogen-bond donors (Lipinski definition) is 2. The quantitative estimate of drug-likeness (QED) is 0.500. The number of anilines is 1. The van der Waals surface area contributed by atoms with E-state index in [0.717, 1.165) is 6.20 Å². The Kier molecular flexibility index (Phi) is 5.51. The number of H-pyrrole nitrogens is 1. The lowest BCUT2D eigenvalue weighted by Crippen LogP contribution is -2.24. The second kappa shape index (κ2) is 8.01. The Bertz CT molecular complexity index is 1110. The number of aromatic nitrogens is 2. The minimum absolute atomic E-state index is 0.0922. The largest absolute Gasteiger partial charge is 0.322 e. The first-order valence-electron chi connectivity index (χ1n) is 8.33. The van der Waals surface area contributed by atoms with Crippen molar-refractivity contribution in [1.82, 2.24) is 9.97 Å². The van der Waals surface area contributed by atoms with Crippen LogP contribution in [0.25, 0.3) is 11.4 Å². The molecule has 0 unspecified atom stereocenters. The van der Waals surface area contributed by atoms with Crippen LogP contribution in [-0.4, -0.2) is 20.8 Å². The van der Waals surface area contributed by atoms with E-state index in [-0.39, 0.29) is 16.9 Å². The van der Waals surface area contributed by atoms with Crippen molar-refractivity contribution in [3.05, 3.63) is 85.3 Å². The second-order valence-corrected chi connectivity index (χ2v) is 6.33. The monoisotopic (exact) mass is 398 g/mol. The number of carbonyl (C=O) groups is 1. The van der Waals surface area contributed by atoms with Crippen LogP contribution in [-0.2, 0) is 6.42 Å². The van der Waals surface area contributed by atoms with Crippen molar-refractivity contribution in [2.75, 3.05) is 5.32 Å². The molecule has 1 amide bonds. The summed E-state index contributed by atoms with van der Waals surface area (Å²) in [4.78, 5) is 42.0. The molecular formula is C19H15ClN4O4. The van der Waals surface area contributed by atoms with E-state index >= 15 is 0 Å². The fourth-order valence-corrected chi connectivity index (χ4v) is 2.75. The van der Waals surface area contributed by atoms with Crippen molar-refractivity contribution in [2.45, 2.75) is 13.3 Å². The van der Waals surface area contributed by atoms with Crippen LogP contribution in [0.5, 0.6) is 0 Å². The predicted octanol–water partition coefficient (Wildman–Crippen LogP) is 3.81. The Balaban J connectivity index is 1.85. The summed E-state index contributed by atoms with van der Waals surface area (Å²) in [6, 6.07) is 11.1. The lowest BCUT2D eigenvalue weighted by Gasteiger charge is -2.07. The first kappa shape index (κ1) is 19.2. The number of nitrogens with one attached hydrogen (secondary N) is 2. The van der Waals surface area contributed by atoms with Crippen molar-refractivity contribution in [3.63, 3.8) is 0 Å². The maximum atomic E-state index is 12.4. The number of nitro benzene ring substituents is 1. The highest BCUT2D eigenvalue weighted by atomic mass is 35.5. The van der Waals surface area contributed by atoms with Crippen LogP contribution in [0.3, 0.4) is 0 Å².